The molecule has 1 aliphatic heterocycles. The molecule has 1 amide bonds. The second kappa shape index (κ2) is 5.48. The first-order chi connectivity index (χ1) is 9.02. The van der Waals surface area contributed by atoms with E-state index in [0.29, 0.717) is 13.2 Å². The van der Waals surface area contributed by atoms with Gasteiger partial charge in [0.2, 0.25) is 5.91 Å². The Bertz CT molecular complexity index is 460. The van der Waals surface area contributed by atoms with Crippen LogP contribution < -0.4 is 16.0 Å². The second-order valence-corrected chi connectivity index (χ2v) is 5.43. The summed E-state index contributed by atoms with van der Waals surface area (Å²) < 4.78 is 5.10. The number of ether oxygens (including phenoxy) is 1. The summed E-state index contributed by atoms with van der Waals surface area (Å²) in [5, 5.41) is 9.49. The van der Waals surface area contributed by atoms with E-state index in [0.717, 1.165) is 11.4 Å². The van der Waals surface area contributed by atoms with Gasteiger partial charge in [0.25, 0.3) is 0 Å². The maximum Gasteiger partial charge on any atom is 0.244 e. The summed E-state index contributed by atoms with van der Waals surface area (Å²) in [6.45, 7) is 4.94. The number of amides is 1. The molecule has 0 aromatic heterocycles. The molecule has 0 saturated heterocycles. The van der Waals surface area contributed by atoms with Crippen molar-refractivity contribution in [2.75, 3.05) is 30.9 Å². The number of hydrogen-bond donors (Lipinski definition) is 3. The van der Waals surface area contributed by atoms with Gasteiger partial charge in [-0.05, 0) is 26.0 Å². The summed E-state index contributed by atoms with van der Waals surface area (Å²) in [6.07, 6.45) is 0. The van der Waals surface area contributed by atoms with Gasteiger partial charge in [-0.25, -0.2) is 0 Å². The molecule has 1 atom stereocenters. The molecule has 0 radical (unpaired) electrons. The van der Waals surface area contributed by atoms with E-state index in [2.05, 4.69) is 16.0 Å². The van der Waals surface area contributed by atoms with Crippen molar-refractivity contribution >= 4 is 17.3 Å². The van der Waals surface area contributed by atoms with Crippen LogP contribution in [-0.4, -0.2) is 37.7 Å². The van der Waals surface area contributed by atoms with Gasteiger partial charge < -0.3 is 20.7 Å². The Hall–Kier alpha value is -1.75. The normalized spacial score (nSPS) is 17.9. The smallest absolute Gasteiger partial charge is 0.244 e. The molecule has 19 heavy (non-hydrogen) atoms. The number of nitrogens with one attached hydrogen (secondary N) is 3. The molecule has 0 fully saturated rings. The topological polar surface area (TPSA) is 62.4 Å². The quantitative estimate of drug-likeness (QED) is 0.769. The lowest BCUT2D eigenvalue weighted by Crippen LogP contribution is -2.54. The van der Waals surface area contributed by atoms with E-state index in [1.165, 1.54) is 0 Å². The summed E-state index contributed by atoms with van der Waals surface area (Å²) in [4.78, 5) is 12.2. The van der Waals surface area contributed by atoms with E-state index < -0.39 is 0 Å². The third-order valence-corrected chi connectivity index (χ3v) is 3.04. The third-order valence-electron chi connectivity index (χ3n) is 3.04. The Morgan fingerprint density at radius 2 is 2.11 bits per heavy atom. The molecular formula is C14H21N3O2. The predicted octanol–water partition coefficient (Wildman–Crippen LogP) is 1.43. The van der Waals surface area contributed by atoms with Gasteiger partial charge in [0.15, 0.2) is 0 Å². The number of methoxy groups -OCH3 is 1. The van der Waals surface area contributed by atoms with Gasteiger partial charge >= 0.3 is 0 Å². The number of carbonyl (C=O) groups excluding carboxylic acids is 1. The van der Waals surface area contributed by atoms with Crippen LogP contribution in [0.15, 0.2) is 24.3 Å². The maximum atomic E-state index is 12.2. The lowest BCUT2D eigenvalue weighted by atomic mass is 10.1. The van der Waals surface area contributed by atoms with Crippen LogP contribution in [0.2, 0.25) is 0 Å². The molecule has 1 aromatic rings. The van der Waals surface area contributed by atoms with E-state index in [1.807, 2.05) is 38.1 Å². The molecule has 1 unspecified atom stereocenters. The molecule has 5 nitrogen and oxygen atoms in total. The number of benzene rings is 1. The maximum absolute atomic E-state index is 12.2. The van der Waals surface area contributed by atoms with Crippen LogP contribution in [0.25, 0.3) is 0 Å². The summed E-state index contributed by atoms with van der Waals surface area (Å²) in [6, 6.07) is 7.59. The van der Waals surface area contributed by atoms with Gasteiger partial charge in [-0.2, -0.15) is 0 Å². The van der Waals surface area contributed by atoms with Crippen molar-refractivity contribution in [1.29, 1.82) is 0 Å². The Kier molecular flexibility index (Phi) is 3.95. The van der Waals surface area contributed by atoms with Gasteiger partial charge in [-0.1, -0.05) is 12.1 Å². The highest BCUT2D eigenvalue weighted by atomic mass is 16.5. The highest BCUT2D eigenvalue weighted by Gasteiger charge is 2.28. The summed E-state index contributed by atoms with van der Waals surface area (Å²) in [7, 11) is 1.63. The minimum Gasteiger partial charge on any atom is -0.382 e. The van der Waals surface area contributed by atoms with Crippen LogP contribution in [0.1, 0.15) is 13.8 Å². The summed E-state index contributed by atoms with van der Waals surface area (Å²) >= 11 is 0. The molecule has 2 rings (SSSR count). The Balaban J connectivity index is 1.99. The van der Waals surface area contributed by atoms with Crippen LogP contribution in [-0.2, 0) is 9.53 Å². The SMILES string of the molecule is COCC(C)(C)NC(=O)C1CNc2ccccc2N1. The number of anilines is 2. The lowest BCUT2D eigenvalue weighted by Gasteiger charge is -2.31. The van der Waals surface area contributed by atoms with E-state index in [1.54, 1.807) is 7.11 Å². The molecule has 0 aliphatic carbocycles. The van der Waals surface area contributed by atoms with Crippen molar-refractivity contribution < 1.29 is 9.53 Å². The second-order valence-electron chi connectivity index (χ2n) is 5.43. The predicted molar refractivity (Wildman–Crippen MR) is 76.4 cm³/mol. The molecule has 0 bridgehead atoms. The first-order valence-corrected chi connectivity index (χ1v) is 6.42. The fraction of sp³-hybridized carbons (Fsp3) is 0.500. The average Bonchev–Trinajstić information content (AvgIpc) is 2.37. The monoisotopic (exact) mass is 263 g/mol. The first kappa shape index (κ1) is 13.7. The van der Waals surface area contributed by atoms with Crippen LogP contribution in [0.4, 0.5) is 11.4 Å². The largest absolute Gasteiger partial charge is 0.382 e. The van der Waals surface area contributed by atoms with Crippen LogP contribution in [0, 0.1) is 0 Å². The van der Waals surface area contributed by atoms with E-state index in [4.69, 9.17) is 4.74 Å². The van der Waals surface area contributed by atoms with Gasteiger partial charge in [-0.15, -0.1) is 0 Å². The fourth-order valence-corrected chi connectivity index (χ4v) is 2.19. The molecular weight excluding hydrogens is 242 g/mol. The summed E-state index contributed by atoms with van der Waals surface area (Å²) in [5.74, 6) is -0.0240. The first-order valence-electron chi connectivity index (χ1n) is 6.42. The Morgan fingerprint density at radius 3 is 2.79 bits per heavy atom. The van der Waals surface area contributed by atoms with Gasteiger partial charge in [0.05, 0.1) is 23.5 Å². The minimum absolute atomic E-state index is 0.0240. The molecule has 104 valence electrons. The van der Waals surface area contributed by atoms with Crippen molar-refractivity contribution in [2.45, 2.75) is 25.4 Å². The zero-order valence-corrected chi connectivity index (χ0v) is 11.6. The standard InChI is InChI=1S/C14H21N3O2/c1-14(2,9-19-3)17-13(18)12-8-15-10-6-4-5-7-11(10)16-12/h4-7,12,15-16H,8-9H2,1-3H3,(H,17,18). The van der Waals surface area contributed by atoms with Crippen LogP contribution >= 0.6 is 0 Å². The van der Waals surface area contributed by atoms with Crippen molar-refractivity contribution in [3.05, 3.63) is 24.3 Å². The third kappa shape index (κ3) is 3.38. The molecule has 1 heterocycles. The van der Waals surface area contributed by atoms with Crippen molar-refractivity contribution in [2.24, 2.45) is 0 Å². The number of fused-ring (bicyclic) bond motifs is 1. The molecule has 0 spiro atoms. The Morgan fingerprint density at radius 1 is 1.42 bits per heavy atom. The number of para-hydroxylation sites is 2. The van der Waals surface area contributed by atoms with E-state index in [-0.39, 0.29) is 17.5 Å². The average molecular weight is 263 g/mol. The summed E-state index contributed by atoms with van der Waals surface area (Å²) in [5.41, 5.74) is 1.62. The van der Waals surface area contributed by atoms with Crippen molar-refractivity contribution in [3.8, 4) is 0 Å². The van der Waals surface area contributed by atoms with Gasteiger partial charge in [-0.3, -0.25) is 4.79 Å². The molecule has 5 heteroatoms. The molecule has 0 saturated carbocycles. The number of hydrogen-bond acceptors (Lipinski definition) is 4. The number of carbonyl (C=O) groups is 1. The van der Waals surface area contributed by atoms with Crippen LogP contribution in [0.3, 0.4) is 0 Å². The lowest BCUT2D eigenvalue weighted by molar-refractivity contribution is -0.123. The highest BCUT2D eigenvalue weighted by Crippen LogP contribution is 2.25. The van der Waals surface area contributed by atoms with Crippen molar-refractivity contribution in [3.63, 3.8) is 0 Å². The number of rotatable bonds is 4. The van der Waals surface area contributed by atoms with Crippen LogP contribution in [0.5, 0.6) is 0 Å². The molecule has 1 aromatic carbocycles. The highest BCUT2D eigenvalue weighted by molar-refractivity contribution is 5.89. The van der Waals surface area contributed by atoms with Gasteiger partial charge in [0, 0.05) is 13.7 Å². The van der Waals surface area contributed by atoms with E-state index in [9.17, 15) is 4.79 Å². The zero-order valence-electron chi connectivity index (χ0n) is 11.6. The molecule has 3 N–H and O–H groups in total. The zero-order chi connectivity index (χ0) is 13.9. The Labute approximate surface area is 113 Å². The van der Waals surface area contributed by atoms with E-state index >= 15 is 0 Å². The minimum atomic E-state index is -0.371. The van der Waals surface area contributed by atoms with Gasteiger partial charge in [0.1, 0.15) is 6.04 Å². The fourth-order valence-electron chi connectivity index (χ4n) is 2.19. The molecule has 1 aliphatic rings. The van der Waals surface area contributed by atoms with Crippen molar-refractivity contribution in [1.82, 2.24) is 5.32 Å².